The highest BCUT2D eigenvalue weighted by Gasteiger charge is 2.29. The van der Waals surface area contributed by atoms with E-state index in [-0.39, 0.29) is 0 Å². The summed E-state index contributed by atoms with van der Waals surface area (Å²) in [5.74, 6) is 3.30. The Kier molecular flexibility index (Phi) is 3.48. The van der Waals surface area contributed by atoms with Crippen molar-refractivity contribution in [1.82, 2.24) is 25.0 Å². The van der Waals surface area contributed by atoms with E-state index in [0.29, 0.717) is 5.92 Å². The van der Waals surface area contributed by atoms with Crippen LogP contribution in [0.5, 0.6) is 0 Å². The van der Waals surface area contributed by atoms with E-state index in [1.54, 1.807) is 0 Å². The monoisotopic (exact) mass is 312 g/mol. The quantitative estimate of drug-likeness (QED) is 0.705. The largest absolute Gasteiger partial charge is 0.369 e. The van der Waals surface area contributed by atoms with Gasteiger partial charge in [-0.15, -0.1) is 15.3 Å². The normalized spacial score (nSPS) is 14.5. The van der Waals surface area contributed by atoms with Gasteiger partial charge in [-0.2, -0.15) is 4.52 Å². The first-order chi connectivity index (χ1) is 11.2. The highest BCUT2D eigenvalue weighted by molar-refractivity contribution is 5.44. The zero-order valence-electron chi connectivity index (χ0n) is 13.4. The predicted octanol–water partition coefficient (Wildman–Crippen LogP) is 2.65. The lowest BCUT2D eigenvalue weighted by atomic mass is 10.1. The Morgan fingerprint density at radius 3 is 2.87 bits per heavy atom. The van der Waals surface area contributed by atoms with E-state index in [0.717, 1.165) is 48.1 Å². The van der Waals surface area contributed by atoms with Gasteiger partial charge in [-0.3, -0.25) is 0 Å². The van der Waals surface area contributed by atoms with Crippen molar-refractivity contribution >= 4 is 11.5 Å². The zero-order valence-corrected chi connectivity index (χ0v) is 13.4. The third-order valence-electron chi connectivity index (χ3n) is 4.32. The van der Waals surface area contributed by atoms with Crippen molar-refractivity contribution in [3.8, 4) is 0 Å². The minimum Gasteiger partial charge on any atom is -0.369 e. The number of aryl methyl sites for hydroxylation is 2. The van der Waals surface area contributed by atoms with Crippen molar-refractivity contribution in [3.63, 3.8) is 0 Å². The minimum absolute atomic E-state index is 0.535. The standard InChI is InChI=1S/C16H20N6O/c1-10-13(11(2)23-21-10)4-3-9-17-14-7-8-15-18-19-16(12-5-6-12)22(15)20-14/h7-8,12H,3-6,9H2,1-2H3,(H,17,20). The first-order valence-corrected chi connectivity index (χ1v) is 8.10. The highest BCUT2D eigenvalue weighted by Crippen LogP contribution is 2.38. The van der Waals surface area contributed by atoms with E-state index in [4.69, 9.17) is 4.52 Å². The Balaban J connectivity index is 1.39. The van der Waals surface area contributed by atoms with Crippen LogP contribution in [0.15, 0.2) is 16.7 Å². The summed E-state index contributed by atoms with van der Waals surface area (Å²) in [6.07, 6.45) is 4.34. The van der Waals surface area contributed by atoms with E-state index in [2.05, 4.69) is 25.8 Å². The molecule has 3 aromatic rings. The van der Waals surface area contributed by atoms with Crippen LogP contribution in [0.3, 0.4) is 0 Å². The number of hydrogen-bond acceptors (Lipinski definition) is 6. The molecule has 1 saturated carbocycles. The summed E-state index contributed by atoms with van der Waals surface area (Å²) in [5.41, 5.74) is 3.01. The summed E-state index contributed by atoms with van der Waals surface area (Å²) >= 11 is 0. The molecule has 7 heteroatoms. The lowest BCUT2D eigenvalue weighted by molar-refractivity contribution is 0.392. The average Bonchev–Trinajstić information content (AvgIpc) is 3.24. The molecule has 0 amide bonds. The first kappa shape index (κ1) is 14.2. The van der Waals surface area contributed by atoms with Gasteiger partial charge in [0.05, 0.1) is 5.69 Å². The molecule has 1 fully saturated rings. The Hall–Kier alpha value is -2.44. The third-order valence-corrected chi connectivity index (χ3v) is 4.32. The van der Waals surface area contributed by atoms with Crippen molar-refractivity contribution in [2.24, 2.45) is 0 Å². The summed E-state index contributed by atoms with van der Waals surface area (Å²) in [6, 6.07) is 3.92. The van der Waals surface area contributed by atoms with Gasteiger partial charge in [-0.05, 0) is 51.7 Å². The smallest absolute Gasteiger partial charge is 0.178 e. The van der Waals surface area contributed by atoms with Gasteiger partial charge in [0.1, 0.15) is 11.6 Å². The van der Waals surface area contributed by atoms with Crippen LogP contribution in [0, 0.1) is 13.8 Å². The van der Waals surface area contributed by atoms with E-state index in [1.807, 2.05) is 30.5 Å². The fourth-order valence-corrected chi connectivity index (χ4v) is 2.84. The van der Waals surface area contributed by atoms with Crippen molar-refractivity contribution < 1.29 is 4.52 Å². The molecule has 3 aromatic heterocycles. The molecule has 0 radical (unpaired) electrons. The number of hydrogen-bond donors (Lipinski definition) is 1. The van der Waals surface area contributed by atoms with Crippen LogP contribution in [0.25, 0.3) is 5.65 Å². The van der Waals surface area contributed by atoms with Crippen LogP contribution in [0.1, 0.15) is 48.0 Å². The van der Waals surface area contributed by atoms with Crippen molar-refractivity contribution in [3.05, 3.63) is 35.0 Å². The molecule has 0 bridgehead atoms. The highest BCUT2D eigenvalue weighted by atomic mass is 16.5. The Bertz CT molecular complexity index is 813. The molecule has 23 heavy (non-hydrogen) atoms. The van der Waals surface area contributed by atoms with Crippen LogP contribution < -0.4 is 5.32 Å². The number of nitrogens with one attached hydrogen (secondary N) is 1. The molecule has 0 saturated heterocycles. The lowest BCUT2D eigenvalue weighted by Gasteiger charge is -2.06. The molecule has 3 heterocycles. The second kappa shape index (κ2) is 5.64. The Labute approximate surface area is 134 Å². The fraction of sp³-hybridized carbons (Fsp3) is 0.500. The summed E-state index contributed by atoms with van der Waals surface area (Å²) in [4.78, 5) is 0. The number of aromatic nitrogens is 5. The van der Waals surface area contributed by atoms with E-state index in [1.165, 1.54) is 18.4 Å². The van der Waals surface area contributed by atoms with E-state index in [9.17, 15) is 0 Å². The van der Waals surface area contributed by atoms with Crippen LogP contribution in [-0.2, 0) is 6.42 Å². The number of fused-ring (bicyclic) bond motifs is 1. The summed E-state index contributed by atoms with van der Waals surface area (Å²) in [6.45, 7) is 4.80. The van der Waals surface area contributed by atoms with Crippen LogP contribution in [-0.4, -0.2) is 31.5 Å². The first-order valence-electron chi connectivity index (χ1n) is 8.10. The van der Waals surface area contributed by atoms with Gasteiger partial charge in [0.2, 0.25) is 0 Å². The summed E-state index contributed by atoms with van der Waals surface area (Å²) < 4.78 is 7.06. The predicted molar refractivity (Wildman–Crippen MR) is 85.5 cm³/mol. The summed E-state index contributed by atoms with van der Waals surface area (Å²) in [7, 11) is 0. The lowest BCUT2D eigenvalue weighted by Crippen LogP contribution is -2.08. The van der Waals surface area contributed by atoms with Gasteiger partial charge in [-0.25, -0.2) is 0 Å². The molecule has 0 spiro atoms. The molecule has 1 N–H and O–H groups in total. The molecule has 1 aliphatic carbocycles. The number of rotatable bonds is 6. The minimum atomic E-state index is 0.535. The van der Waals surface area contributed by atoms with Gasteiger partial charge in [0.25, 0.3) is 0 Å². The van der Waals surface area contributed by atoms with Gasteiger partial charge >= 0.3 is 0 Å². The number of anilines is 1. The number of nitrogens with zero attached hydrogens (tertiary/aromatic N) is 5. The molecule has 4 rings (SSSR count). The maximum Gasteiger partial charge on any atom is 0.178 e. The van der Waals surface area contributed by atoms with Gasteiger partial charge in [0.15, 0.2) is 11.5 Å². The van der Waals surface area contributed by atoms with Crippen LogP contribution >= 0.6 is 0 Å². The van der Waals surface area contributed by atoms with E-state index >= 15 is 0 Å². The molecular formula is C16H20N6O. The van der Waals surface area contributed by atoms with Crippen molar-refractivity contribution in [2.45, 2.75) is 45.4 Å². The molecule has 0 atom stereocenters. The molecule has 1 aliphatic rings. The van der Waals surface area contributed by atoms with E-state index < -0.39 is 0 Å². The zero-order chi connectivity index (χ0) is 15.8. The van der Waals surface area contributed by atoms with Crippen molar-refractivity contribution in [1.29, 1.82) is 0 Å². The molecule has 0 aromatic carbocycles. The average molecular weight is 312 g/mol. The second-order valence-corrected chi connectivity index (χ2v) is 6.15. The molecular weight excluding hydrogens is 292 g/mol. The molecule has 0 unspecified atom stereocenters. The maximum absolute atomic E-state index is 5.19. The summed E-state index contributed by atoms with van der Waals surface area (Å²) in [5, 5.41) is 20.4. The Morgan fingerprint density at radius 2 is 2.13 bits per heavy atom. The molecule has 120 valence electrons. The molecule has 0 aliphatic heterocycles. The third kappa shape index (κ3) is 2.78. The topological polar surface area (TPSA) is 81.1 Å². The van der Waals surface area contributed by atoms with Crippen LogP contribution in [0.4, 0.5) is 5.82 Å². The second-order valence-electron chi connectivity index (χ2n) is 6.15. The van der Waals surface area contributed by atoms with Gasteiger partial charge in [-0.1, -0.05) is 5.16 Å². The SMILES string of the molecule is Cc1noc(C)c1CCCNc1ccc2nnc(C3CC3)n2n1. The van der Waals surface area contributed by atoms with Gasteiger partial charge < -0.3 is 9.84 Å². The molecule has 7 nitrogen and oxygen atoms in total. The van der Waals surface area contributed by atoms with Crippen molar-refractivity contribution in [2.75, 3.05) is 11.9 Å². The Morgan fingerprint density at radius 1 is 1.26 bits per heavy atom. The maximum atomic E-state index is 5.19. The fourth-order valence-electron chi connectivity index (χ4n) is 2.84. The van der Waals surface area contributed by atoms with Gasteiger partial charge in [0, 0.05) is 18.0 Å². The van der Waals surface area contributed by atoms with Crippen LogP contribution in [0.2, 0.25) is 0 Å².